The molecule has 7 nitrogen and oxygen atoms in total. The van der Waals surface area contributed by atoms with Gasteiger partial charge in [-0.15, -0.1) is 0 Å². The number of carbonyl (C=O) groups excluding carboxylic acids is 1. The van der Waals surface area contributed by atoms with Gasteiger partial charge in [-0.2, -0.15) is 0 Å². The summed E-state index contributed by atoms with van der Waals surface area (Å²) in [4.78, 5) is 32.2. The van der Waals surface area contributed by atoms with E-state index in [1.54, 1.807) is 11.0 Å². The molecule has 2 fully saturated rings. The molecule has 0 spiro atoms. The third-order valence-corrected chi connectivity index (χ3v) is 6.53. The van der Waals surface area contributed by atoms with Gasteiger partial charge in [-0.05, 0) is 42.0 Å². The third kappa shape index (κ3) is 6.00. The van der Waals surface area contributed by atoms with E-state index in [1.807, 2.05) is 30.3 Å². The third-order valence-electron chi connectivity index (χ3n) is 6.53. The summed E-state index contributed by atoms with van der Waals surface area (Å²) >= 11 is 0. The number of hydrogen-bond acceptors (Lipinski definition) is 4. The number of benzene rings is 2. The van der Waals surface area contributed by atoms with Crippen LogP contribution in [0.4, 0.5) is 4.79 Å². The van der Waals surface area contributed by atoms with Crippen LogP contribution in [0.3, 0.4) is 0 Å². The Balaban J connectivity index is 1.28. The van der Waals surface area contributed by atoms with E-state index in [4.69, 9.17) is 0 Å². The Morgan fingerprint density at radius 1 is 1.12 bits per heavy atom. The maximum atomic E-state index is 12.1. The van der Waals surface area contributed by atoms with Crippen molar-refractivity contribution in [1.29, 1.82) is 0 Å². The lowest BCUT2D eigenvalue weighted by molar-refractivity contribution is -0.126. The molecule has 2 aliphatic rings. The first kappa shape index (κ1) is 23.0. The topological polar surface area (TPSA) is 82.1 Å². The number of carbonyl (C=O) groups is 2. The van der Waals surface area contributed by atoms with Crippen molar-refractivity contribution in [3.8, 4) is 0 Å². The highest BCUT2D eigenvalue weighted by Crippen LogP contribution is 2.46. The minimum absolute atomic E-state index is 0.0863. The molecule has 2 atom stereocenters. The van der Waals surface area contributed by atoms with Gasteiger partial charge in [0.15, 0.2) is 0 Å². The quantitative estimate of drug-likeness (QED) is 0.472. The molecular formula is C26H31N3O4. The summed E-state index contributed by atoms with van der Waals surface area (Å²) in [5.41, 5.74) is 5.63. The summed E-state index contributed by atoms with van der Waals surface area (Å²) in [7, 11) is 1.40. The molecule has 0 radical (unpaired) electrons. The lowest BCUT2D eigenvalue weighted by atomic mass is 10.0. The van der Waals surface area contributed by atoms with E-state index in [2.05, 4.69) is 39.5 Å². The number of amides is 2. The fourth-order valence-corrected chi connectivity index (χ4v) is 4.77. The number of hydrogen-bond donors (Lipinski definition) is 2. The number of nitrogens with one attached hydrogen (secondary N) is 1. The number of rotatable bonds is 8. The first-order valence-electron chi connectivity index (χ1n) is 11.4. The summed E-state index contributed by atoms with van der Waals surface area (Å²) in [6, 6.07) is 18.5. The van der Waals surface area contributed by atoms with Gasteiger partial charge in [0.2, 0.25) is 0 Å². The Kier molecular flexibility index (Phi) is 7.42. The first-order chi connectivity index (χ1) is 16.0. The second-order valence-corrected chi connectivity index (χ2v) is 8.76. The van der Waals surface area contributed by atoms with Crippen molar-refractivity contribution in [2.75, 3.05) is 20.2 Å². The lowest BCUT2D eigenvalue weighted by Gasteiger charge is -2.37. The predicted octanol–water partition coefficient (Wildman–Crippen LogP) is 3.88. The Hall–Kier alpha value is -3.16. The highest BCUT2D eigenvalue weighted by atomic mass is 16.6. The molecular weight excluding hydrogens is 418 g/mol. The van der Waals surface area contributed by atoms with E-state index in [-0.39, 0.29) is 18.0 Å². The summed E-state index contributed by atoms with van der Waals surface area (Å²) in [5, 5.41) is 9.91. The highest BCUT2D eigenvalue weighted by Gasteiger charge is 2.47. The van der Waals surface area contributed by atoms with Crippen LogP contribution in [0, 0.1) is 0 Å². The molecule has 7 heteroatoms. The molecule has 2 amide bonds. The standard InChI is InChI=1S/C26H31N3O4/c1-33-27-25(30)12-11-19-7-9-20(10-8-19)18-28-15-13-22(14-16-28)29(26(31)32)24-17-23(24)21-5-3-2-4-6-21/h2-12,22-24H,13-18H2,1H3,(H,27,30)(H,31,32)/b12-11+/t23-,24+/m0/s1. The summed E-state index contributed by atoms with van der Waals surface area (Å²) < 4.78 is 0. The van der Waals surface area contributed by atoms with Gasteiger partial charge in [-0.3, -0.25) is 14.5 Å². The van der Waals surface area contributed by atoms with Gasteiger partial charge >= 0.3 is 6.09 Å². The van der Waals surface area contributed by atoms with Crippen molar-refractivity contribution in [3.05, 3.63) is 77.4 Å². The number of likely N-dealkylation sites (tertiary alicyclic amines) is 1. The van der Waals surface area contributed by atoms with Crippen molar-refractivity contribution in [2.45, 2.75) is 43.8 Å². The Morgan fingerprint density at radius 2 is 1.82 bits per heavy atom. The zero-order valence-electron chi connectivity index (χ0n) is 18.9. The molecule has 0 bridgehead atoms. The second-order valence-electron chi connectivity index (χ2n) is 8.76. The Labute approximate surface area is 194 Å². The molecule has 1 aliphatic carbocycles. The second kappa shape index (κ2) is 10.6. The van der Waals surface area contributed by atoms with Crippen molar-refractivity contribution in [1.82, 2.24) is 15.3 Å². The van der Waals surface area contributed by atoms with Crippen LogP contribution < -0.4 is 5.48 Å². The molecule has 0 unspecified atom stereocenters. The average Bonchev–Trinajstić information content (AvgIpc) is 3.61. The minimum Gasteiger partial charge on any atom is -0.465 e. The molecule has 2 N–H and O–H groups in total. The van der Waals surface area contributed by atoms with Gasteiger partial charge in [0.1, 0.15) is 0 Å². The molecule has 2 aromatic carbocycles. The highest BCUT2D eigenvalue weighted by molar-refractivity contribution is 5.90. The largest absolute Gasteiger partial charge is 0.465 e. The Bertz CT molecular complexity index is 969. The number of nitrogens with zero attached hydrogens (tertiary/aromatic N) is 2. The van der Waals surface area contributed by atoms with Gasteiger partial charge in [0.25, 0.3) is 5.91 Å². The van der Waals surface area contributed by atoms with E-state index in [0.29, 0.717) is 5.92 Å². The van der Waals surface area contributed by atoms with Gasteiger partial charge in [0, 0.05) is 43.7 Å². The molecule has 4 rings (SSSR count). The lowest BCUT2D eigenvalue weighted by Crippen LogP contribution is -2.48. The van der Waals surface area contributed by atoms with Crippen LogP contribution in [0.25, 0.3) is 6.08 Å². The van der Waals surface area contributed by atoms with E-state index < -0.39 is 6.09 Å². The van der Waals surface area contributed by atoms with Gasteiger partial charge in [-0.25, -0.2) is 10.3 Å². The summed E-state index contributed by atoms with van der Waals surface area (Å²) in [5.74, 6) is 0.0228. The van der Waals surface area contributed by atoms with Crippen molar-refractivity contribution in [3.63, 3.8) is 0 Å². The molecule has 33 heavy (non-hydrogen) atoms. The molecule has 0 aromatic heterocycles. The van der Waals surface area contributed by atoms with Crippen LogP contribution >= 0.6 is 0 Å². The van der Waals surface area contributed by atoms with Crippen LogP contribution in [0.2, 0.25) is 0 Å². The summed E-state index contributed by atoms with van der Waals surface area (Å²) in [6.07, 6.45) is 5.02. The van der Waals surface area contributed by atoms with Gasteiger partial charge in [0.05, 0.1) is 7.11 Å². The maximum Gasteiger partial charge on any atom is 0.407 e. The van der Waals surface area contributed by atoms with E-state index in [1.165, 1.54) is 24.3 Å². The van der Waals surface area contributed by atoms with Crippen molar-refractivity contribution in [2.24, 2.45) is 0 Å². The van der Waals surface area contributed by atoms with Crippen LogP contribution in [0.5, 0.6) is 0 Å². The zero-order chi connectivity index (χ0) is 23.2. The fraction of sp³-hybridized carbons (Fsp3) is 0.385. The first-order valence-corrected chi connectivity index (χ1v) is 11.4. The van der Waals surface area contributed by atoms with Crippen LogP contribution in [0.15, 0.2) is 60.7 Å². The SMILES string of the molecule is CONC(=O)/C=C/c1ccc(CN2CCC(N(C(=O)O)[C@@H]3C[C@H]3c3ccccc3)CC2)cc1. The predicted molar refractivity (Wildman–Crippen MR) is 126 cm³/mol. The van der Waals surface area contributed by atoms with Crippen molar-refractivity contribution >= 4 is 18.1 Å². The van der Waals surface area contributed by atoms with Crippen LogP contribution in [-0.2, 0) is 16.2 Å². The van der Waals surface area contributed by atoms with Gasteiger partial charge in [-0.1, -0.05) is 54.6 Å². The van der Waals surface area contributed by atoms with E-state index in [9.17, 15) is 14.7 Å². The molecule has 1 heterocycles. The zero-order valence-corrected chi connectivity index (χ0v) is 18.9. The smallest absolute Gasteiger partial charge is 0.407 e. The maximum absolute atomic E-state index is 12.1. The van der Waals surface area contributed by atoms with E-state index in [0.717, 1.165) is 44.5 Å². The fourth-order valence-electron chi connectivity index (χ4n) is 4.77. The molecule has 2 aromatic rings. The van der Waals surface area contributed by atoms with E-state index >= 15 is 0 Å². The average molecular weight is 450 g/mol. The Morgan fingerprint density at radius 3 is 2.45 bits per heavy atom. The number of carboxylic acid groups (broad SMARTS) is 1. The van der Waals surface area contributed by atoms with Crippen molar-refractivity contribution < 1.29 is 19.5 Å². The monoisotopic (exact) mass is 449 g/mol. The van der Waals surface area contributed by atoms with Gasteiger partial charge < -0.3 is 10.0 Å². The normalized spacial score (nSPS) is 21.1. The molecule has 1 saturated heterocycles. The van der Waals surface area contributed by atoms with Crippen LogP contribution in [0.1, 0.15) is 41.9 Å². The number of hydroxylamine groups is 1. The molecule has 174 valence electrons. The minimum atomic E-state index is -0.792. The van der Waals surface area contributed by atoms with Crippen LogP contribution in [-0.4, -0.2) is 59.2 Å². The number of piperidine rings is 1. The molecule has 1 saturated carbocycles. The summed E-state index contributed by atoms with van der Waals surface area (Å²) in [6.45, 7) is 2.61. The molecule has 1 aliphatic heterocycles.